The van der Waals surface area contributed by atoms with E-state index in [-0.39, 0.29) is 11.7 Å². The molecule has 3 rings (SSSR count). The van der Waals surface area contributed by atoms with Gasteiger partial charge in [-0.25, -0.2) is 28.5 Å². The molecule has 0 aliphatic carbocycles. The fourth-order valence-electron chi connectivity index (χ4n) is 2.70. The van der Waals surface area contributed by atoms with Crippen LogP contribution in [0.1, 0.15) is 35.7 Å². The van der Waals surface area contributed by atoms with Gasteiger partial charge in [-0.15, -0.1) is 0 Å². The molecule has 3 aromatic rings. The van der Waals surface area contributed by atoms with Crippen molar-refractivity contribution in [2.75, 3.05) is 0 Å². The van der Waals surface area contributed by atoms with E-state index < -0.39 is 10.0 Å². The van der Waals surface area contributed by atoms with Crippen molar-refractivity contribution in [1.82, 2.24) is 19.9 Å². The second-order valence-corrected chi connectivity index (χ2v) is 8.70. The number of nitrogens with two attached hydrogens (primary N) is 1. The molecule has 2 N–H and O–H groups in total. The third-order valence-corrected chi connectivity index (χ3v) is 4.95. The van der Waals surface area contributed by atoms with Crippen LogP contribution in [0.25, 0.3) is 0 Å². The number of primary sulfonamides is 1. The van der Waals surface area contributed by atoms with Gasteiger partial charge in [-0.05, 0) is 24.6 Å². The third-order valence-electron chi connectivity index (χ3n) is 4.02. The first-order chi connectivity index (χ1) is 13.7. The molecule has 0 bridgehead atoms. The molecule has 0 saturated carbocycles. The average Bonchev–Trinajstić information content (AvgIpc) is 2.63. The maximum atomic E-state index is 11.2. The van der Waals surface area contributed by atoms with E-state index in [0.717, 1.165) is 5.69 Å². The molecule has 29 heavy (non-hydrogen) atoms. The van der Waals surface area contributed by atoms with Gasteiger partial charge in [0.25, 0.3) is 0 Å². The van der Waals surface area contributed by atoms with Crippen LogP contribution in [0.2, 0.25) is 5.02 Å². The van der Waals surface area contributed by atoms with Gasteiger partial charge in [-0.3, -0.25) is 0 Å². The topological polar surface area (TPSA) is 121 Å². The predicted molar refractivity (Wildman–Crippen MR) is 109 cm³/mol. The lowest BCUT2D eigenvalue weighted by Gasteiger charge is -2.13. The number of aryl methyl sites for hydroxylation is 1. The molecule has 1 aromatic carbocycles. The Kier molecular flexibility index (Phi) is 6.41. The minimum Gasteiger partial charge on any atom is -0.439 e. The van der Waals surface area contributed by atoms with Crippen LogP contribution >= 0.6 is 11.6 Å². The molecule has 10 heteroatoms. The molecule has 0 radical (unpaired) electrons. The van der Waals surface area contributed by atoms with Crippen molar-refractivity contribution in [1.29, 1.82) is 0 Å². The monoisotopic (exact) mass is 433 g/mol. The number of ether oxygens (including phenoxy) is 1. The molecule has 0 fully saturated rings. The van der Waals surface area contributed by atoms with E-state index in [1.165, 1.54) is 0 Å². The summed E-state index contributed by atoms with van der Waals surface area (Å²) >= 11 is 5.83. The number of hydrogen-bond donors (Lipinski definition) is 1. The quantitative estimate of drug-likeness (QED) is 0.607. The summed E-state index contributed by atoms with van der Waals surface area (Å²) < 4.78 is 28.2. The highest BCUT2D eigenvalue weighted by molar-refractivity contribution is 7.88. The van der Waals surface area contributed by atoms with Gasteiger partial charge in [0, 0.05) is 30.8 Å². The molecule has 1 atom stereocenters. The Morgan fingerprint density at radius 1 is 1.14 bits per heavy atom. The number of aromatic nitrogens is 4. The van der Waals surface area contributed by atoms with Crippen molar-refractivity contribution < 1.29 is 13.2 Å². The number of rotatable bonds is 7. The van der Waals surface area contributed by atoms with E-state index in [9.17, 15) is 8.42 Å². The standard InChI is InChI=1S/C19H20ClN5O3S/c1-12(7-18-22-9-15(20)10-23-18)17-8-19(25-13(2)24-17)28-16-5-3-14(4-6-16)11-29(21,26)27/h3-6,8-10,12H,7,11H2,1-2H3,(H2,21,26,27). The highest BCUT2D eigenvalue weighted by Gasteiger charge is 2.14. The Bertz CT molecular complexity index is 1090. The largest absolute Gasteiger partial charge is 0.439 e. The summed E-state index contributed by atoms with van der Waals surface area (Å²) in [5, 5.41) is 5.55. The summed E-state index contributed by atoms with van der Waals surface area (Å²) in [4.78, 5) is 17.2. The molecule has 1 unspecified atom stereocenters. The molecule has 2 heterocycles. The Morgan fingerprint density at radius 3 is 2.41 bits per heavy atom. The van der Waals surface area contributed by atoms with Crippen molar-refractivity contribution in [3.63, 3.8) is 0 Å². The minimum absolute atomic E-state index is 0.0392. The number of sulfonamides is 1. The van der Waals surface area contributed by atoms with E-state index >= 15 is 0 Å². The van der Waals surface area contributed by atoms with Crippen LogP contribution in [-0.4, -0.2) is 28.4 Å². The van der Waals surface area contributed by atoms with Gasteiger partial charge < -0.3 is 4.74 Å². The SMILES string of the molecule is Cc1nc(Oc2ccc(CS(N)(=O)=O)cc2)cc(C(C)Cc2ncc(Cl)cn2)n1. The van der Waals surface area contributed by atoms with Gasteiger partial charge in [0.15, 0.2) is 0 Å². The Hall–Kier alpha value is -2.62. The highest BCUT2D eigenvalue weighted by atomic mass is 35.5. The van der Waals surface area contributed by atoms with Gasteiger partial charge in [-0.1, -0.05) is 30.7 Å². The van der Waals surface area contributed by atoms with Crippen LogP contribution in [0, 0.1) is 6.92 Å². The molecule has 8 nitrogen and oxygen atoms in total. The minimum atomic E-state index is -3.58. The van der Waals surface area contributed by atoms with Crippen LogP contribution < -0.4 is 9.88 Å². The van der Waals surface area contributed by atoms with E-state index in [1.54, 1.807) is 49.6 Å². The molecule has 2 aromatic heterocycles. The molecule has 0 aliphatic heterocycles. The van der Waals surface area contributed by atoms with Gasteiger partial charge in [0.1, 0.15) is 17.4 Å². The number of hydrogen-bond acceptors (Lipinski definition) is 7. The molecular weight excluding hydrogens is 414 g/mol. The molecular formula is C19H20ClN5O3S. The fourth-order valence-corrected chi connectivity index (χ4v) is 3.45. The van der Waals surface area contributed by atoms with Crippen LogP contribution in [-0.2, 0) is 22.2 Å². The van der Waals surface area contributed by atoms with Crippen LogP contribution in [0.5, 0.6) is 11.6 Å². The van der Waals surface area contributed by atoms with E-state index in [2.05, 4.69) is 19.9 Å². The summed E-state index contributed by atoms with van der Waals surface area (Å²) in [6.45, 7) is 3.81. The first kappa shape index (κ1) is 21.1. The molecule has 0 spiro atoms. The third kappa shape index (κ3) is 6.45. The van der Waals surface area contributed by atoms with Gasteiger partial charge in [0.05, 0.1) is 16.5 Å². The lowest BCUT2D eigenvalue weighted by atomic mass is 10.0. The van der Waals surface area contributed by atoms with Crippen molar-refractivity contribution in [2.45, 2.75) is 31.9 Å². The molecule has 0 saturated heterocycles. The lowest BCUT2D eigenvalue weighted by molar-refractivity contribution is 0.457. The second-order valence-electron chi connectivity index (χ2n) is 6.65. The molecule has 152 valence electrons. The van der Waals surface area contributed by atoms with Crippen molar-refractivity contribution in [3.05, 3.63) is 70.7 Å². The first-order valence-corrected chi connectivity index (χ1v) is 10.9. The van der Waals surface area contributed by atoms with Crippen LogP contribution in [0.15, 0.2) is 42.7 Å². The fraction of sp³-hybridized carbons (Fsp3) is 0.263. The summed E-state index contributed by atoms with van der Waals surface area (Å²) in [5.74, 6) is 1.99. The Labute approximate surface area is 174 Å². The summed E-state index contributed by atoms with van der Waals surface area (Å²) in [7, 11) is -3.58. The predicted octanol–water partition coefficient (Wildman–Crippen LogP) is 3.16. The van der Waals surface area contributed by atoms with Crippen LogP contribution in [0.4, 0.5) is 0 Å². The van der Waals surface area contributed by atoms with E-state index in [1.807, 2.05) is 6.92 Å². The van der Waals surface area contributed by atoms with E-state index in [4.69, 9.17) is 21.5 Å². The molecule has 0 amide bonds. The zero-order chi connectivity index (χ0) is 21.0. The number of halogens is 1. The average molecular weight is 434 g/mol. The van der Waals surface area contributed by atoms with E-state index in [0.29, 0.717) is 40.3 Å². The normalized spacial score (nSPS) is 12.6. The van der Waals surface area contributed by atoms with Gasteiger partial charge in [0.2, 0.25) is 15.9 Å². The van der Waals surface area contributed by atoms with Crippen molar-refractivity contribution in [2.24, 2.45) is 5.14 Å². The van der Waals surface area contributed by atoms with Gasteiger partial charge in [-0.2, -0.15) is 4.98 Å². The summed E-state index contributed by atoms with van der Waals surface area (Å²) in [5.41, 5.74) is 1.38. The zero-order valence-electron chi connectivity index (χ0n) is 15.9. The first-order valence-electron chi connectivity index (χ1n) is 8.77. The zero-order valence-corrected chi connectivity index (χ0v) is 17.5. The maximum absolute atomic E-state index is 11.2. The Balaban J connectivity index is 1.73. The van der Waals surface area contributed by atoms with Crippen molar-refractivity contribution in [3.8, 4) is 11.6 Å². The maximum Gasteiger partial charge on any atom is 0.222 e. The van der Waals surface area contributed by atoms with Gasteiger partial charge >= 0.3 is 0 Å². The second kappa shape index (κ2) is 8.81. The summed E-state index contributed by atoms with van der Waals surface area (Å²) in [6.07, 6.45) is 3.72. The molecule has 0 aliphatic rings. The smallest absolute Gasteiger partial charge is 0.222 e. The number of nitrogens with zero attached hydrogens (tertiary/aromatic N) is 4. The van der Waals surface area contributed by atoms with Crippen LogP contribution in [0.3, 0.4) is 0 Å². The van der Waals surface area contributed by atoms with Crippen molar-refractivity contribution >= 4 is 21.6 Å². The highest BCUT2D eigenvalue weighted by Crippen LogP contribution is 2.25. The number of benzene rings is 1. The Morgan fingerprint density at radius 2 is 1.79 bits per heavy atom. The lowest BCUT2D eigenvalue weighted by Crippen LogP contribution is -2.14. The summed E-state index contributed by atoms with van der Waals surface area (Å²) in [6, 6.07) is 8.40.